The third kappa shape index (κ3) is 2.91. The van der Waals surface area contributed by atoms with Gasteiger partial charge in [-0.25, -0.2) is 4.98 Å². The minimum Gasteiger partial charge on any atom is -0.497 e. The van der Waals surface area contributed by atoms with E-state index >= 15 is 0 Å². The second-order valence-corrected chi connectivity index (χ2v) is 6.70. The first-order chi connectivity index (χ1) is 13.3. The van der Waals surface area contributed by atoms with Crippen LogP contribution in [-0.2, 0) is 12.6 Å². The minimum absolute atomic E-state index is 0.502. The van der Waals surface area contributed by atoms with E-state index in [9.17, 15) is 13.2 Å². The highest BCUT2D eigenvalue weighted by atomic mass is 19.4. The van der Waals surface area contributed by atoms with Gasteiger partial charge in [0.15, 0.2) is 0 Å². The number of rotatable bonds is 3. The van der Waals surface area contributed by atoms with Crippen molar-refractivity contribution in [3.05, 3.63) is 53.2 Å². The number of fused-ring (bicyclic) bond motifs is 3. The number of methoxy groups -OCH3 is 2. The maximum atomic E-state index is 13.2. The number of benzene rings is 2. The maximum absolute atomic E-state index is 13.2. The van der Waals surface area contributed by atoms with Gasteiger partial charge in [0.1, 0.15) is 17.0 Å². The lowest BCUT2D eigenvalue weighted by Gasteiger charge is -2.23. The second-order valence-electron chi connectivity index (χ2n) is 6.70. The lowest BCUT2D eigenvalue weighted by Crippen LogP contribution is -2.15. The van der Waals surface area contributed by atoms with Crippen molar-refractivity contribution in [2.75, 3.05) is 25.7 Å². The summed E-state index contributed by atoms with van der Waals surface area (Å²) in [6.45, 7) is 2.50. The topological polar surface area (TPSA) is 34.6 Å². The first-order valence-electron chi connectivity index (χ1n) is 8.83. The summed E-state index contributed by atoms with van der Waals surface area (Å²) in [6, 6.07) is 9.02. The van der Waals surface area contributed by atoms with Gasteiger partial charge in [0.25, 0.3) is 0 Å². The van der Waals surface area contributed by atoms with Gasteiger partial charge in [-0.05, 0) is 43.2 Å². The van der Waals surface area contributed by atoms with Crippen LogP contribution in [0, 0.1) is 6.92 Å². The van der Waals surface area contributed by atoms with E-state index in [1.807, 2.05) is 17.9 Å². The predicted octanol–water partition coefficient (Wildman–Crippen LogP) is 5.27. The van der Waals surface area contributed by atoms with Crippen LogP contribution in [0.3, 0.4) is 0 Å². The smallest absolute Gasteiger partial charge is 0.416 e. The number of ether oxygens (including phenoxy) is 2. The first kappa shape index (κ1) is 18.4. The highest BCUT2D eigenvalue weighted by Gasteiger charge is 2.32. The molecule has 7 heteroatoms. The molecule has 1 aliphatic rings. The van der Waals surface area contributed by atoms with Crippen LogP contribution in [0.2, 0.25) is 0 Å². The SMILES string of the molecule is COc1cc(OC)c2nc(C)c3c(c2c1)N(c1cccc(C(F)(F)F)c1)CC3. The highest BCUT2D eigenvalue weighted by molar-refractivity contribution is 6.01. The number of hydrogen-bond acceptors (Lipinski definition) is 4. The number of nitrogens with zero attached hydrogens (tertiary/aromatic N) is 2. The molecule has 0 bridgehead atoms. The van der Waals surface area contributed by atoms with Crippen LogP contribution in [-0.4, -0.2) is 25.7 Å². The number of aromatic nitrogens is 1. The van der Waals surface area contributed by atoms with E-state index in [2.05, 4.69) is 0 Å². The second kappa shape index (κ2) is 6.58. The van der Waals surface area contributed by atoms with E-state index in [1.54, 1.807) is 26.4 Å². The number of halogens is 3. The summed E-state index contributed by atoms with van der Waals surface area (Å²) in [5.41, 5.74) is 3.24. The molecule has 0 fully saturated rings. The van der Waals surface area contributed by atoms with Gasteiger partial charge < -0.3 is 14.4 Å². The van der Waals surface area contributed by atoms with E-state index in [4.69, 9.17) is 14.5 Å². The van der Waals surface area contributed by atoms with Crippen molar-refractivity contribution in [3.63, 3.8) is 0 Å². The molecule has 2 aromatic carbocycles. The Morgan fingerprint density at radius 2 is 1.86 bits per heavy atom. The van der Waals surface area contributed by atoms with Crippen LogP contribution in [0.5, 0.6) is 11.5 Å². The summed E-state index contributed by atoms with van der Waals surface area (Å²) < 4.78 is 50.5. The Labute approximate surface area is 160 Å². The van der Waals surface area contributed by atoms with E-state index in [0.717, 1.165) is 28.4 Å². The molecule has 0 saturated carbocycles. The molecule has 1 aliphatic heterocycles. The van der Waals surface area contributed by atoms with Gasteiger partial charge in [-0.3, -0.25) is 0 Å². The Morgan fingerprint density at radius 3 is 2.54 bits per heavy atom. The molecule has 0 spiro atoms. The Hall–Kier alpha value is -2.96. The largest absolute Gasteiger partial charge is 0.497 e. The van der Waals surface area contributed by atoms with E-state index in [1.165, 1.54) is 12.1 Å². The van der Waals surface area contributed by atoms with Crippen molar-refractivity contribution in [2.24, 2.45) is 0 Å². The predicted molar refractivity (Wildman–Crippen MR) is 102 cm³/mol. The van der Waals surface area contributed by atoms with Crippen LogP contribution < -0.4 is 14.4 Å². The highest BCUT2D eigenvalue weighted by Crippen LogP contribution is 2.45. The fourth-order valence-corrected chi connectivity index (χ4v) is 3.77. The summed E-state index contributed by atoms with van der Waals surface area (Å²) in [6.07, 6.45) is -3.68. The quantitative estimate of drug-likeness (QED) is 0.612. The summed E-state index contributed by atoms with van der Waals surface area (Å²) in [5, 5.41) is 0.798. The van der Waals surface area contributed by atoms with E-state index in [0.29, 0.717) is 35.7 Å². The van der Waals surface area contributed by atoms with Crippen molar-refractivity contribution >= 4 is 22.3 Å². The van der Waals surface area contributed by atoms with Crippen molar-refractivity contribution in [2.45, 2.75) is 19.5 Å². The van der Waals surface area contributed by atoms with Gasteiger partial charge in [0.05, 0.1) is 25.5 Å². The number of pyridine rings is 1. The van der Waals surface area contributed by atoms with E-state index in [-0.39, 0.29) is 0 Å². The summed E-state index contributed by atoms with van der Waals surface area (Å²) >= 11 is 0. The van der Waals surface area contributed by atoms with Gasteiger partial charge >= 0.3 is 6.18 Å². The van der Waals surface area contributed by atoms with Gasteiger partial charge in [-0.1, -0.05) is 6.07 Å². The third-order valence-corrected chi connectivity index (χ3v) is 5.10. The fourth-order valence-electron chi connectivity index (χ4n) is 3.77. The molecule has 1 aromatic heterocycles. The minimum atomic E-state index is -4.39. The fraction of sp³-hybridized carbons (Fsp3) is 0.286. The zero-order valence-corrected chi connectivity index (χ0v) is 15.7. The average molecular weight is 388 g/mol. The normalized spacial score (nSPS) is 13.7. The number of aryl methyl sites for hydroxylation is 1. The molecule has 0 N–H and O–H groups in total. The molecule has 4 nitrogen and oxygen atoms in total. The molecule has 0 amide bonds. The molecule has 0 unspecified atom stereocenters. The van der Waals surface area contributed by atoms with Crippen LogP contribution in [0.15, 0.2) is 36.4 Å². The average Bonchev–Trinajstić information content (AvgIpc) is 3.13. The molecule has 0 aliphatic carbocycles. The van der Waals surface area contributed by atoms with E-state index < -0.39 is 11.7 Å². The molecule has 146 valence electrons. The molecular formula is C21H19F3N2O2. The molecule has 0 saturated heterocycles. The zero-order chi connectivity index (χ0) is 20.1. The summed E-state index contributed by atoms with van der Waals surface area (Å²) in [7, 11) is 3.12. The lowest BCUT2D eigenvalue weighted by molar-refractivity contribution is -0.137. The van der Waals surface area contributed by atoms with Crippen molar-refractivity contribution < 1.29 is 22.6 Å². The molecule has 0 radical (unpaired) electrons. The standard InChI is InChI=1S/C21H19F3N2O2/c1-12-16-7-8-26(14-6-4-5-13(9-14)21(22,23)24)20(16)17-10-15(27-2)11-18(28-3)19(17)25-12/h4-6,9-11H,7-8H2,1-3H3. The third-order valence-electron chi connectivity index (χ3n) is 5.10. The van der Waals surface area contributed by atoms with Crippen LogP contribution in [0.25, 0.3) is 10.9 Å². The molecule has 3 aromatic rings. The molecule has 4 rings (SSSR count). The van der Waals surface area contributed by atoms with Crippen LogP contribution >= 0.6 is 0 Å². The van der Waals surface area contributed by atoms with Crippen LogP contribution in [0.4, 0.5) is 24.5 Å². The number of alkyl halides is 3. The van der Waals surface area contributed by atoms with Gasteiger partial charge in [0, 0.05) is 29.4 Å². The Kier molecular flexibility index (Phi) is 4.33. The lowest BCUT2D eigenvalue weighted by atomic mass is 10.0. The molecule has 28 heavy (non-hydrogen) atoms. The van der Waals surface area contributed by atoms with Gasteiger partial charge in [-0.2, -0.15) is 13.2 Å². The summed E-state index contributed by atoms with van der Waals surface area (Å²) in [4.78, 5) is 6.61. The van der Waals surface area contributed by atoms with Gasteiger partial charge in [0.2, 0.25) is 0 Å². The number of hydrogen-bond donors (Lipinski definition) is 0. The Morgan fingerprint density at radius 1 is 1.07 bits per heavy atom. The van der Waals surface area contributed by atoms with Crippen molar-refractivity contribution in [3.8, 4) is 11.5 Å². The van der Waals surface area contributed by atoms with Crippen molar-refractivity contribution in [1.82, 2.24) is 4.98 Å². The number of anilines is 2. The monoisotopic (exact) mass is 388 g/mol. The zero-order valence-electron chi connectivity index (χ0n) is 15.7. The Balaban J connectivity index is 1.96. The first-order valence-corrected chi connectivity index (χ1v) is 8.83. The maximum Gasteiger partial charge on any atom is 0.416 e. The Bertz CT molecular complexity index is 1060. The summed E-state index contributed by atoms with van der Waals surface area (Å²) in [5.74, 6) is 1.17. The molecule has 2 heterocycles. The molecular weight excluding hydrogens is 369 g/mol. The van der Waals surface area contributed by atoms with Crippen molar-refractivity contribution in [1.29, 1.82) is 0 Å². The van der Waals surface area contributed by atoms with Crippen LogP contribution in [0.1, 0.15) is 16.8 Å². The molecule has 0 atom stereocenters. The van der Waals surface area contributed by atoms with Gasteiger partial charge in [-0.15, -0.1) is 0 Å².